The van der Waals surface area contributed by atoms with Gasteiger partial charge in [0.15, 0.2) is 5.11 Å². The molecule has 28 heavy (non-hydrogen) atoms. The number of aromatic nitrogens is 2. The summed E-state index contributed by atoms with van der Waals surface area (Å²) < 4.78 is 16.4. The van der Waals surface area contributed by atoms with E-state index in [1.165, 1.54) is 6.07 Å². The molecule has 5 nitrogen and oxygen atoms in total. The van der Waals surface area contributed by atoms with Gasteiger partial charge in [0.2, 0.25) is 0 Å². The van der Waals surface area contributed by atoms with Crippen molar-refractivity contribution in [2.75, 3.05) is 13.2 Å². The van der Waals surface area contributed by atoms with Crippen LogP contribution in [0.5, 0.6) is 0 Å². The van der Waals surface area contributed by atoms with Crippen molar-refractivity contribution in [3.05, 3.63) is 84.2 Å². The second-order valence-electron chi connectivity index (χ2n) is 6.65. The molecule has 0 saturated carbocycles. The van der Waals surface area contributed by atoms with Crippen LogP contribution in [0.1, 0.15) is 29.9 Å². The van der Waals surface area contributed by atoms with Gasteiger partial charge >= 0.3 is 0 Å². The monoisotopic (exact) mass is 396 g/mol. The van der Waals surface area contributed by atoms with E-state index in [0.717, 1.165) is 11.4 Å². The lowest BCUT2D eigenvalue weighted by molar-refractivity contribution is 0.244. The topological polar surface area (TPSA) is 53.3 Å². The van der Waals surface area contributed by atoms with Gasteiger partial charge in [-0.25, -0.2) is 4.39 Å². The van der Waals surface area contributed by atoms with E-state index in [4.69, 9.17) is 12.2 Å². The number of aliphatic hydroxyl groups excluding tert-OH is 1. The van der Waals surface area contributed by atoms with Crippen molar-refractivity contribution >= 4 is 17.3 Å². The molecule has 1 fully saturated rings. The Balaban J connectivity index is 1.81. The molecule has 2 N–H and O–H groups in total. The molecule has 3 aromatic rings. The van der Waals surface area contributed by atoms with Crippen LogP contribution < -0.4 is 5.32 Å². The summed E-state index contributed by atoms with van der Waals surface area (Å²) in [7, 11) is 0. The summed E-state index contributed by atoms with van der Waals surface area (Å²) in [6.45, 7) is 0.674. The summed E-state index contributed by atoms with van der Waals surface area (Å²) in [5.74, 6) is -0.287. The number of benzene rings is 1. The van der Waals surface area contributed by atoms with Crippen molar-refractivity contribution in [3.63, 3.8) is 0 Å². The number of thiocarbonyl (C=S) groups is 1. The van der Waals surface area contributed by atoms with Gasteiger partial charge in [-0.15, -0.1) is 0 Å². The van der Waals surface area contributed by atoms with Crippen molar-refractivity contribution < 1.29 is 9.50 Å². The molecule has 0 amide bonds. The molecule has 3 heterocycles. The summed E-state index contributed by atoms with van der Waals surface area (Å²) in [6, 6.07) is 16.0. The Kier molecular flexibility index (Phi) is 5.36. The third-order valence-electron chi connectivity index (χ3n) is 4.95. The van der Waals surface area contributed by atoms with Crippen molar-refractivity contribution in [2.24, 2.45) is 0 Å². The maximum Gasteiger partial charge on any atom is 0.170 e. The Bertz CT molecular complexity index is 962. The molecule has 0 radical (unpaired) electrons. The number of hydrogen-bond donors (Lipinski definition) is 2. The molecule has 0 bridgehead atoms. The highest BCUT2D eigenvalue weighted by atomic mass is 32.1. The quantitative estimate of drug-likeness (QED) is 0.626. The molecule has 0 unspecified atom stereocenters. The first-order chi connectivity index (χ1) is 13.7. The molecule has 144 valence electrons. The van der Waals surface area contributed by atoms with Gasteiger partial charge in [-0.2, -0.15) is 0 Å². The van der Waals surface area contributed by atoms with Crippen LogP contribution in [-0.4, -0.2) is 37.8 Å². The zero-order chi connectivity index (χ0) is 19.5. The smallest absolute Gasteiger partial charge is 0.170 e. The predicted molar refractivity (Wildman–Crippen MR) is 110 cm³/mol. The van der Waals surface area contributed by atoms with E-state index in [1.54, 1.807) is 18.3 Å². The van der Waals surface area contributed by atoms with Crippen LogP contribution in [0.2, 0.25) is 0 Å². The fraction of sp³-hybridized carbons (Fsp3) is 0.238. The lowest BCUT2D eigenvalue weighted by atomic mass is 10.0. The minimum Gasteiger partial charge on any atom is -0.396 e. The number of hydrogen-bond acceptors (Lipinski definition) is 3. The van der Waals surface area contributed by atoms with E-state index in [9.17, 15) is 9.50 Å². The Morgan fingerprint density at radius 1 is 1.11 bits per heavy atom. The lowest BCUT2D eigenvalue weighted by Crippen LogP contribution is -2.31. The first-order valence-corrected chi connectivity index (χ1v) is 9.62. The molecule has 2 aromatic heterocycles. The third-order valence-corrected chi connectivity index (χ3v) is 5.30. The van der Waals surface area contributed by atoms with Crippen LogP contribution in [0.15, 0.2) is 67.0 Å². The molecule has 1 aromatic carbocycles. The zero-order valence-electron chi connectivity index (χ0n) is 15.2. The highest BCUT2D eigenvalue weighted by molar-refractivity contribution is 7.80. The number of rotatable bonds is 6. The molecule has 1 aliphatic heterocycles. The summed E-state index contributed by atoms with van der Waals surface area (Å²) in [5.41, 5.74) is 2.26. The Hall–Kier alpha value is -2.77. The molecule has 7 heteroatoms. The maximum absolute atomic E-state index is 14.5. The first kappa shape index (κ1) is 18.6. The normalized spacial score (nSPS) is 19.1. The van der Waals surface area contributed by atoms with Gasteiger partial charge in [-0.3, -0.25) is 4.98 Å². The molecule has 2 atom stereocenters. The first-order valence-electron chi connectivity index (χ1n) is 9.22. The number of halogens is 1. The third kappa shape index (κ3) is 3.39. The van der Waals surface area contributed by atoms with Gasteiger partial charge < -0.3 is 19.9 Å². The van der Waals surface area contributed by atoms with Crippen LogP contribution in [-0.2, 0) is 0 Å². The highest BCUT2D eigenvalue weighted by Crippen LogP contribution is 2.39. The average Bonchev–Trinajstić information content (AvgIpc) is 3.31. The number of nitrogens with zero attached hydrogens (tertiary/aromatic N) is 3. The molecule has 4 rings (SSSR count). The van der Waals surface area contributed by atoms with Crippen molar-refractivity contribution in [2.45, 2.75) is 18.5 Å². The van der Waals surface area contributed by atoms with E-state index in [1.807, 2.05) is 47.2 Å². The van der Waals surface area contributed by atoms with Crippen LogP contribution in [0.3, 0.4) is 0 Å². The standard InChI is InChI=1S/C21H21FN4OS/c22-15-7-1-2-9-17(15)25-12-5-10-18(25)20-19(16-8-3-4-11-23-16)24-21(28)26(20)13-6-14-27/h1-5,7-12,19-20,27H,6,13-14H2,(H,24,28)/t19-,20+/m1/s1. The SMILES string of the molecule is OCCCN1C(=S)N[C@H](c2ccccn2)[C@@H]1c1cccn1-c1ccccc1F. The van der Waals surface area contributed by atoms with Crippen molar-refractivity contribution in [3.8, 4) is 5.69 Å². The highest BCUT2D eigenvalue weighted by Gasteiger charge is 2.41. The van der Waals surface area contributed by atoms with Gasteiger partial charge in [-0.1, -0.05) is 18.2 Å². The van der Waals surface area contributed by atoms with Gasteiger partial charge in [0.1, 0.15) is 5.82 Å². The molecular weight excluding hydrogens is 375 g/mol. The van der Waals surface area contributed by atoms with E-state index < -0.39 is 0 Å². The van der Waals surface area contributed by atoms with Gasteiger partial charge in [0.05, 0.1) is 23.5 Å². The lowest BCUT2D eigenvalue weighted by Gasteiger charge is -2.28. The fourth-order valence-corrected chi connectivity index (χ4v) is 4.04. The molecule has 0 aliphatic carbocycles. The Morgan fingerprint density at radius 2 is 1.93 bits per heavy atom. The minimum absolute atomic E-state index is 0.0778. The largest absolute Gasteiger partial charge is 0.396 e. The molecule has 1 saturated heterocycles. The van der Waals surface area contributed by atoms with E-state index in [0.29, 0.717) is 23.8 Å². The van der Waals surface area contributed by atoms with Crippen LogP contribution in [0.25, 0.3) is 5.69 Å². The second-order valence-corrected chi connectivity index (χ2v) is 7.04. The number of nitrogens with one attached hydrogen (secondary N) is 1. The van der Waals surface area contributed by atoms with E-state index in [2.05, 4.69) is 15.2 Å². The van der Waals surface area contributed by atoms with Crippen molar-refractivity contribution in [1.29, 1.82) is 0 Å². The summed E-state index contributed by atoms with van der Waals surface area (Å²) in [5, 5.41) is 13.3. The zero-order valence-corrected chi connectivity index (χ0v) is 16.0. The Morgan fingerprint density at radius 3 is 2.68 bits per heavy atom. The second kappa shape index (κ2) is 8.08. The van der Waals surface area contributed by atoms with E-state index in [-0.39, 0.29) is 24.5 Å². The summed E-state index contributed by atoms with van der Waals surface area (Å²) >= 11 is 5.59. The van der Waals surface area contributed by atoms with E-state index >= 15 is 0 Å². The molecule has 1 aliphatic rings. The molecule has 0 spiro atoms. The van der Waals surface area contributed by atoms with Crippen LogP contribution in [0, 0.1) is 5.82 Å². The maximum atomic E-state index is 14.5. The van der Waals surface area contributed by atoms with Gasteiger partial charge in [-0.05, 0) is 55.0 Å². The predicted octanol–water partition coefficient (Wildman–Crippen LogP) is 3.37. The molecular formula is C21H21FN4OS. The van der Waals surface area contributed by atoms with Crippen LogP contribution in [0.4, 0.5) is 4.39 Å². The summed E-state index contributed by atoms with van der Waals surface area (Å²) in [4.78, 5) is 6.56. The van der Waals surface area contributed by atoms with Crippen molar-refractivity contribution in [1.82, 2.24) is 19.8 Å². The minimum atomic E-state index is -0.287. The fourth-order valence-electron chi connectivity index (χ4n) is 3.71. The van der Waals surface area contributed by atoms with Gasteiger partial charge in [0.25, 0.3) is 0 Å². The average molecular weight is 396 g/mol. The summed E-state index contributed by atoms with van der Waals surface area (Å²) in [6.07, 6.45) is 4.20. The Labute approximate surface area is 168 Å². The number of para-hydroxylation sites is 1. The van der Waals surface area contributed by atoms with Gasteiger partial charge in [0, 0.05) is 31.2 Å². The number of aliphatic hydroxyl groups is 1. The number of pyridine rings is 1. The van der Waals surface area contributed by atoms with Crippen LogP contribution >= 0.6 is 12.2 Å².